The predicted molar refractivity (Wildman–Crippen MR) is 80.6 cm³/mol. The van der Waals surface area contributed by atoms with E-state index in [1.807, 2.05) is 18.7 Å². The van der Waals surface area contributed by atoms with E-state index >= 15 is 0 Å². The number of nitrogens with zero attached hydrogens (tertiary/aromatic N) is 2. The second-order valence-electron chi connectivity index (χ2n) is 6.19. The summed E-state index contributed by atoms with van der Waals surface area (Å²) in [5.74, 6) is 1.53. The number of nitrogens with one attached hydrogen (secondary N) is 1. The maximum Gasteiger partial charge on any atom is 0.0847 e. The Bertz CT molecular complexity index is 425. The quantitative estimate of drug-likeness (QED) is 0.898. The monoisotopic (exact) mass is 283 g/mol. The Labute approximate surface area is 121 Å². The van der Waals surface area contributed by atoms with E-state index < -0.39 is 0 Å². The van der Waals surface area contributed by atoms with Gasteiger partial charge in [0.05, 0.1) is 16.4 Å². The van der Waals surface area contributed by atoms with Gasteiger partial charge in [0.2, 0.25) is 0 Å². The van der Waals surface area contributed by atoms with Crippen LogP contribution in [-0.2, 0) is 13.5 Å². The van der Waals surface area contributed by atoms with E-state index in [4.69, 9.17) is 11.6 Å². The van der Waals surface area contributed by atoms with Gasteiger partial charge in [-0.25, -0.2) is 0 Å². The van der Waals surface area contributed by atoms with Gasteiger partial charge in [-0.2, -0.15) is 5.10 Å². The van der Waals surface area contributed by atoms with E-state index in [1.165, 1.54) is 25.0 Å². The van der Waals surface area contributed by atoms with E-state index in [2.05, 4.69) is 24.3 Å². The van der Waals surface area contributed by atoms with E-state index in [9.17, 15) is 0 Å². The lowest BCUT2D eigenvalue weighted by Crippen LogP contribution is -2.31. The Morgan fingerprint density at radius 3 is 2.63 bits per heavy atom. The molecule has 108 valence electrons. The van der Waals surface area contributed by atoms with Crippen LogP contribution in [0.1, 0.15) is 44.5 Å². The summed E-state index contributed by atoms with van der Waals surface area (Å²) in [5, 5.41) is 8.87. The highest BCUT2D eigenvalue weighted by Gasteiger charge is 2.29. The summed E-state index contributed by atoms with van der Waals surface area (Å²) < 4.78 is 1.96. The highest BCUT2D eigenvalue weighted by Crippen LogP contribution is 2.35. The Morgan fingerprint density at radius 2 is 2.05 bits per heavy atom. The van der Waals surface area contributed by atoms with Crippen LogP contribution in [0.15, 0.2) is 0 Å². The van der Waals surface area contributed by atoms with Crippen LogP contribution in [-0.4, -0.2) is 22.4 Å². The van der Waals surface area contributed by atoms with Gasteiger partial charge in [0.15, 0.2) is 0 Å². The normalized spacial score (nSPS) is 23.5. The third-order valence-electron chi connectivity index (χ3n) is 4.32. The average Bonchev–Trinajstić information content (AvgIpc) is 2.87. The molecule has 0 bridgehead atoms. The zero-order chi connectivity index (χ0) is 14.0. The predicted octanol–water partition coefficient (Wildman–Crippen LogP) is 3.34. The molecule has 0 saturated heterocycles. The summed E-state index contributed by atoms with van der Waals surface area (Å²) in [6.07, 6.45) is 5.09. The zero-order valence-corrected chi connectivity index (χ0v) is 13.3. The van der Waals surface area contributed by atoms with Crippen LogP contribution < -0.4 is 5.32 Å². The van der Waals surface area contributed by atoms with Crippen molar-refractivity contribution in [1.82, 2.24) is 15.1 Å². The largest absolute Gasteiger partial charge is 0.314 e. The minimum atomic E-state index is 0.573. The van der Waals surface area contributed by atoms with Crippen molar-refractivity contribution in [3.63, 3.8) is 0 Å². The highest BCUT2D eigenvalue weighted by molar-refractivity contribution is 6.31. The summed E-state index contributed by atoms with van der Waals surface area (Å²) in [4.78, 5) is 0. The summed E-state index contributed by atoms with van der Waals surface area (Å²) >= 11 is 6.37. The second-order valence-corrected chi connectivity index (χ2v) is 6.57. The maximum absolute atomic E-state index is 6.37. The molecule has 0 radical (unpaired) electrons. The number of aromatic nitrogens is 2. The van der Waals surface area contributed by atoms with Crippen molar-refractivity contribution in [1.29, 1.82) is 0 Å². The van der Waals surface area contributed by atoms with Crippen molar-refractivity contribution in [3.8, 4) is 0 Å². The lowest BCUT2D eigenvalue weighted by molar-refractivity contribution is 0.349. The number of hydrogen-bond donors (Lipinski definition) is 1. The topological polar surface area (TPSA) is 29.9 Å². The summed E-state index contributed by atoms with van der Waals surface area (Å²) in [6, 6.07) is 0.573. The molecule has 1 aromatic rings. The van der Waals surface area contributed by atoms with Crippen molar-refractivity contribution in [3.05, 3.63) is 16.4 Å². The van der Waals surface area contributed by atoms with Gasteiger partial charge in [0.25, 0.3) is 0 Å². The van der Waals surface area contributed by atoms with Gasteiger partial charge in [0.1, 0.15) is 0 Å². The molecule has 0 aliphatic heterocycles. The van der Waals surface area contributed by atoms with Crippen LogP contribution in [0.3, 0.4) is 0 Å². The average molecular weight is 284 g/mol. The molecule has 0 aromatic carbocycles. The fourth-order valence-electron chi connectivity index (χ4n) is 3.19. The van der Waals surface area contributed by atoms with Gasteiger partial charge in [-0.15, -0.1) is 0 Å². The van der Waals surface area contributed by atoms with Gasteiger partial charge in [0, 0.05) is 13.1 Å². The minimum absolute atomic E-state index is 0.573. The Kier molecular flexibility index (Phi) is 4.91. The van der Waals surface area contributed by atoms with E-state index in [0.717, 1.165) is 35.5 Å². The molecule has 4 heteroatoms. The van der Waals surface area contributed by atoms with Gasteiger partial charge in [-0.1, -0.05) is 31.9 Å². The van der Waals surface area contributed by atoms with Crippen molar-refractivity contribution in [2.75, 3.05) is 6.54 Å². The lowest BCUT2D eigenvalue weighted by atomic mass is 9.91. The smallest absolute Gasteiger partial charge is 0.0847 e. The second kappa shape index (κ2) is 6.27. The fourth-order valence-corrected chi connectivity index (χ4v) is 3.43. The van der Waals surface area contributed by atoms with Gasteiger partial charge in [-0.3, -0.25) is 4.68 Å². The van der Waals surface area contributed by atoms with E-state index in [1.54, 1.807) is 0 Å². The molecule has 1 N–H and O–H groups in total. The van der Waals surface area contributed by atoms with Crippen molar-refractivity contribution in [2.24, 2.45) is 18.9 Å². The molecule has 1 aliphatic rings. The molecule has 1 saturated carbocycles. The SMILES string of the molecule is Cc1nn(C)c(CC2CCCC2CNC(C)C)c1Cl. The third-order valence-corrected chi connectivity index (χ3v) is 4.81. The van der Waals surface area contributed by atoms with Gasteiger partial charge in [-0.05, 0) is 44.6 Å². The van der Waals surface area contributed by atoms with Crippen molar-refractivity contribution < 1.29 is 0 Å². The molecule has 1 aromatic heterocycles. The van der Waals surface area contributed by atoms with Crippen molar-refractivity contribution in [2.45, 2.75) is 52.5 Å². The fraction of sp³-hybridized carbons (Fsp3) is 0.800. The summed E-state index contributed by atoms with van der Waals surface area (Å²) in [5.41, 5.74) is 2.16. The summed E-state index contributed by atoms with van der Waals surface area (Å²) in [6.45, 7) is 7.55. The molecule has 2 unspecified atom stereocenters. The first-order valence-electron chi connectivity index (χ1n) is 7.40. The molecule has 2 rings (SSSR count). The lowest BCUT2D eigenvalue weighted by Gasteiger charge is -2.21. The third kappa shape index (κ3) is 3.51. The molecular weight excluding hydrogens is 258 g/mol. The zero-order valence-electron chi connectivity index (χ0n) is 12.5. The molecule has 2 atom stereocenters. The molecule has 3 nitrogen and oxygen atoms in total. The van der Waals surface area contributed by atoms with Crippen LogP contribution >= 0.6 is 11.6 Å². The molecule has 1 aliphatic carbocycles. The molecule has 19 heavy (non-hydrogen) atoms. The molecule has 0 spiro atoms. The molecule has 1 fully saturated rings. The minimum Gasteiger partial charge on any atom is -0.314 e. The maximum atomic E-state index is 6.37. The first-order chi connectivity index (χ1) is 8.99. The van der Waals surface area contributed by atoms with Crippen LogP contribution in [0.5, 0.6) is 0 Å². The van der Waals surface area contributed by atoms with Crippen LogP contribution in [0.25, 0.3) is 0 Å². The standard InChI is InChI=1S/C15H26ClN3/c1-10(2)17-9-13-7-5-6-12(13)8-14-15(16)11(3)18-19(14)4/h10,12-13,17H,5-9H2,1-4H3. The first kappa shape index (κ1) is 14.9. The van der Waals surface area contributed by atoms with E-state index in [0.29, 0.717) is 6.04 Å². The number of hydrogen-bond acceptors (Lipinski definition) is 2. The number of halogens is 1. The van der Waals surface area contributed by atoms with Gasteiger partial charge < -0.3 is 5.32 Å². The van der Waals surface area contributed by atoms with Crippen molar-refractivity contribution >= 4 is 11.6 Å². The number of rotatable bonds is 5. The Morgan fingerprint density at radius 1 is 1.37 bits per heavy atom. The van der Waals surface area contributed by atoms with E-state index in [-0.39, 0.29) is 0 Å². The summed E-state index contributed by atoms with van der Waals surface area (Å²) in [7, 11) is 2.00. The molecule has 1 heterocycles. The Hall–Kier alpha value is -0.540. The molecular formula is C15H26ClN3. The van der Waals surface area contributed by atoms with Gasteiger partial charge >= 0.3 is 0 Å². The molecule has 0 amide bonds. The number of aryl methyl sites for hydroxylation is 2. The highest BCUT2D eigenvalue weighted by atomic mass is 35.5. The van der Waals surface area contributed by atoms with Crippen LogP contribution in [0, 0.1) is 18.8 Å². The van der Waals surface area contributed by atoms with Crippen LogP contribution in [0.2, 0.25) is 5.02 Å². The van der Waals surface area contributed by atoms with Crippen LogP contribution in [0.4, 0.5) is 0 Å². The Balaban J connectivity index is 2.01. The first-order valence-corrected chi connectivity index (χ1v) is 7.78.